The van der Waals surface area contributed by atoms with Gasteiger partial charge >= 0.3 is 0 Å². The number of methoxy groups -OCH3 is 1. The fraction of sp³-hybridized carbons (Fsp3) is 0.412. The van der Waals surface area contributed by atoms with E-state index in [0.29, 0.717) is 12.3 Å². The smallest absolute Gasteiger partial charge is 0.132 e. The van der Waals surface area contributed by atoms with Gasteiger partial charge in [0.05, 0.1) is 13.2 Å². The zero-order valence-electron chi connectivity index (χ0n) is 12.7. The van der Waals surface area contributed by atoms with E-state index < -0.39 is 6.10 Å². The van der Waals surface area contributed by atoms with Crippen molar-refractivity contribution in [2.45, 2.75) is 31.8 Å². The average Bonchev–Trinajstić information content (AvgIpc) is 2.59. The molecular weight excluding hydrogens is 278 g/mol. The van der Waals surface area contributed by atoms with E-state index in [4.69, 9.17) is 4.74 Å². The van der Waals surface area contributed by atoms with E-state index >= 15 is 0 Å². The number of aromatic nitrogens is 2. The predicted molar refractivity (Wildman–Crippen MR) is 85.1 cm³/mol. The van der Waals surface area contributed by atoms with E-state index in [-0.39, 0.29) is 0 Å². The van der Waals surface area contributed by atoms with Crippen molar-refractivity contribution in [1.29, 1.82) is 0 Å². The lowest BCUT2D eigenvalue weighted by molar-refractivity contribution is 0.186. The molecule has 2 aromatic rings. The molecule has 1 aliphatic carbocycles. The van der Waals surface area contributed by atoms with Crippen LogP contribution in [-0.4, -0.2) is 28.7 Å². The Balaban J connectivity index is 1.72. The largest absolute Gasteiger partial charge is 0.496 e. The van der Waals surface area contributed by atoms with E-state index in [1.807, 2.05) is 24.3 Å². The van der Waals surface area contributed by atoms with Gasteiger partial charge in [0.15, 0.2) is 0 Å². The number of fused-ring (bicyclic) bond motifs is 1. The molecule has 0 bridgehead atoms. The van der Waals surface area contributed by atoms with E-state index in [0.717, 1.165) is 29.9 Å². The standard InChI is InChI=1S/C17H21N3O2/c1-22-16-9-5-3-7-13(16)15(21)10-18-17-12-6-2-4-8-14(12)19-11-20-17/h3,5,7,9,11,15,21H,2,4,6,8,10H2,1H3,(H,18,19,20). The van der Waals surface area contributed by atoms with Crippen LogP contribution in [0.3, 0.4) is 0 Å². The van der Waals surface area contributed by atoms with Gasteiger partial charge in [-0.25, -0.2) is 9.97 Å². The van der Waals surface area contributed by atoms with Crippen LogP contribution in [0.15, 0.2) is 30.6 Å². The van der Waals surface area contributed by atoms with Crippen LogP contribution in [0.5, 0.6) is 5.75 Å². The number of benzene rings is 1. The van der Waals surface area contributed by atoms with Gasteiger partial charge in [-0.3, -0.25) is 0 Å². The van der Waals surface area contributed by atoms with Crippen molar-refractivity contribution in [3.63, 3.8) is 0 Å². The minimum absolute atomic E-state index is 0.393. The normalized spacial score (nSPS) is 15.0. The molecule has 1 unspecified atom stereocenters. The first kappa shape index (κ1) is 14.8. The van der Waals surface area contributed by atoms with Gasteiger partial charge in [0.1, 0.15) is 17.9 Å². The summed E-state index contributed by atoms with van der Waals surface area (Å²) in [5.74, 6) is 1.54. The maximum absolute atomic E-state index is 10.4. The van der Waals surface area contributed by atoms with E-state index in [1.165, 1.54) is 18.4 Å². The number of rotatable bonds is 5. The molecule has 1 heterocycles. The van der Waals surface area contributed by atoms with Crippen molar-refractivity contribution in [3.8, 4) is 5.75 Å². The van der Waals surface area contributed by atoms with Gasteiger partial charge in [0.2, 0.25) is 0 Å². The summed E-state index contributed by atoms with van der Waals surface area (Å²) in [6.45, 7) is 0.393. The monoisotopic (exact) mass is 299 g/mol. The minimum atomic E-state index is -0.648. The number of nitrogens with zero attached hydrogens (tertiary/aromatic N) is 2. The van der Waals surface area contributed by atoms with E-state index in [1.54, 1.807) is 13.4 Å². The summed E-state index contributed by atoms with van der Waals surface area (Å²) in [5.41, 5.74) is 3.11. The van der Waals surface area contributed by atoms with Gasteiger partial charge in [-0.1, -0.05) is 18.2 Å². The quantitative estimate of drug-likeness (QED) is 0.888. The van der Waals surface area contributed by atoms with Crippen molar-refractivity contribution in [3.05, 3.63) is 47.4 Å². The highest BCUT2D eigenvalue weighted by atomic mass is 16.5. The SMILES string of the molecule is COc1ccccc1C(O)CNc1ncnc2c1CCCC2. The highest BCUT2D eigenvalue weighted by Crippen LogP contribution is 2.27. The van der Waals surface area contributed by atoms with Gasteiger partial charge in [0, 0.05) is 23.4 Å². The van der Waals surface area contributed by atoms with E-state index in [2.05, 4.69) is 15.3 Å². The first-order chi connectivity index (χ1) is 10.8. The van der Waals surface area contributed by atoms with Crippen molar-refractivity contribution in [2.24, 2.45) is 0 Å². The zero-order chi connectivity index (χ0) is 15.4. The highest BCUT2D eigenvalue weighted by Gasteiger charge is 2.17. The van der Waals surface area contributed by atoms with Gasteiger partial charge in [-0.15, -0.1) is 0 Å². The first-order valence-electron chi connectivity index (χ1n) is 7.67. The maximum Gasteiger partial charge on any atom is 0.132 e. The van der Waals surface area contributed by atoms with Gasteiger partial charge in [0.25, 0.3) is 0 Å². The van der Waals surface area contributed by atoms with Crippen molar-refractivity contribution < 1.29 is 9.84 Å². The second-order valence-corrected chi connectivity index (χ2v) is 5.49. The third kappa shape index (κ3) is 3.04. The molecule has 22 heavy (non-hydrogen) atoms. The Morgan fingerprint density at radius 1 is 1.23 bits per heavy atom. The third-order valence-electron chi connectivity index (χ3n) is 4.09. The van der Waals surface area contributed by atoms with Gasteiger partial charge < -0.3 is 15.2 Å². The van der Waals surface area contributed by atoms with Gasteiger partial charge in [-0.2, -0.15) is 0 Å². The summed E-state index contributed by atoms with van der Waals surface area (Å²) < 4.78 is 5.30. The van der Waals surface area contributed by atoms with Crippen molar-refractivity contribution >= 4 is 5.82 Å². The Hall–Kier alpha value is -2.14. The second kappa shape index (κ2) is 6.75. The lowest BCUT2D eigenvalue weighted by atomic mass is 9.96. The molecule has 116 valence electrons. The van der Waals surface area contributed by atoms with Crippen LogP contribution in [0, 0.1) is 0 Å². The summed E-state index contributed by atoms with van der Waals surface area (Å²) in [6.07, 6.45) is 5.33. The summed E-state index contributed by atoms with van der Waals surface area (Å²) in [6, 6.07) is 7.52. The molecule has 0 aliphatic heterocycles. The molecule has 0 radical (unpaired) electrons. The van der Waals surface area contributed by atoms with Crippen LogP contribution >= 0.6 is 0 Å². The molecule has 0 amide bonds. The van der Waals surface area contributed by atoms with E-state index in [9.17, 15) is 5.11 Å². The number of nitrogens with one attached hydrogen (secondary N) is 1. The summed E-state index contributed by atoms with van der Waals surface area (Å²) in [7, 11) is 1.61. The van der Waals surface area contributed by atoms with Crippen molar-refractivity contribution in [2.75, 3.05) is 19.0 Å². The number of anilines is 1. The van der Waals surface area contributed by atoms with Crippen LogP contribution in [0.25, 0.3) is 0 Å². The Kier molecular flexibility index (Phi) is 4.53. The highest BCUT2D eigenvalue weighted by molar-refractivity contribution is 5.47. The van der Waals surface area contributed by atoms with Crippen LogP contribution in [0.4, 0.5) is 5.82 Å². The molecule has 0 fully saturated rings. The van der Waals surface area contributed by atoms with Gasteiger partial charge in [-0.05, 0) is 31.7 Å². The number of hydrogen-bond acceptors (Lipinski definition) is 5. The Labute approximate surface area is 130 Å². The number of aliphatic hydroxyl groups excluding tert-OH is 1. The van der Waals surface area contributed by atoms with Crippen LogP contribution in [0.2, 0.25) is 0 Å². The summed E-state index contributed by atoms with van der Waals surface area (Å²) in [5, 5.41) is 13.7. The van der Waals surface area contributed by atoms with Crippen molar-refractivity contribution in [1.82, 2.24) is 9.97 Å². The topological polar surface area (TPSA) is 67.3 Å². The number of hydrogen-bond donors (Lipinski definition) is 2. The molecule has 3 rings (SSSR count). The Morgan fingerprint density at radius 3 is 2.91 bits per heavy atom. The van der Waals surface area contributed by atoms with Crippen LogP contribution in [0.1, 0.15) is 35.8 Å². The Bertz CT molecular complexity index is 646. The lowest BCUT2D eigenvalue weighted by Gasteiger charge is -2.20. The number of aliphatic hydroxyl groups is 1. The van der Waals surface area contributed by atoms with Crippen LogP contribution < -0.4 is 10.1 Å². The second-order valence-electron chi connectivity index (χ2n) is 5.49. The molecule has 0 saturated heterocycles. The fourth-order valence-corrected chi connectivity index (χ4v) is 2.92. The molecule has 5 nitrogen and oxygen atoms in total. The van der Waals surface area contributed by atoms with Crippen LogP contribution in [-0.2, 0) is 12.8 Å². The molecular formula is C17H21N3O2. The summed E-state index contributed by atoms with van der Waals surface area (Å²) >= 11 is 0. The first-order valence-corrected chi connectivity index (χ1v) is 7.67. The molecule has 1 aromatic heterocycles. The number of aryl methyl sites for hydroxylation is 1. The third-order valence-corrected chi connectivity index (χ3v) is 4.09. The molecule has 1 atom stereocenters. The average molecular weight is 299 g/mol. The summed E-state index contributed by atoms with van der Waals surface area (Å²) in [4.78, 5) is 8.69. The molecule has 0 spiro atoms. The zero-order valence-corrected chi connectivity index (χ0v) is 12.7. The Morgan fingerprint density at radius 2 is 2.05 bits per heavy atom. The number of para-hydroxylation sites is 1. The minimum Gasteiger partial charge on any atom is -0.496 e. The lowest BCUT2D eigenvalue weighted by Crippen LogP contribution is -2.17. The molecule has 1 aliphatic rings. The molecule has 2 N–H and O–H groups in total. The molecule has 1 aromatic carbocycles. The predicted octanol–water partition coefficient (Wildman–Crippen LogP) is 2.51. The number of ether oxygens (including phenoxy) is 1. The molecule has 5 heteroatoms. The fourth-order valence-electron chi connectivity index (χ4n) is 2.92. The maximum atomic E-state index is 10.4. The molecule has 0 saturated carbocycles.